The maximum Gasteiger partial charge on any atom is 0.282 e. The number of aromatic nitrogens is 2. The number of anilines is 1. The van der Waals surface area contributed by atoms with E-state index >= 15 is 0 Å². The Labute approximate surface area is 125 Å². The van der Waals surface area contributed by atoms with E-state index in [1.54, 1.807) is 20.4 Å². The summed E-state index contributed by atoms with van der Waals surface area (Å²) in [6.45, 7) is 0.678. The van der Waals surface area contributed by atoms with Crippen LogP contribution >= 0.6 is 15.9 Å². The molecule has 1 aromatic carbocycles. The first-order valence-electron chi connectivity index (χ1n) is 6.09. The fourth-order valence-corrected chi connectivity index (χ4v) is 2.52. The van der Waals surface area contributed by atoms with Crippen molar-refractivity contribution in [3.8, 4) is 5.75 Å². The van der Waals surface area contributed by atoms with E-state index in [9.17, 15) is 4.79 Å². The lowest BCUT2D eigenvalue weighted by atomic mass is 10.2. The molecule has 1 aromatic heterocycles. The number of halogens is 1. The molecule has 0 unspecified atom stereocenters. The molecule has 0 aliphatic carbocycles. The predicted octanol–water partition coefficient (Wildman–Crippen LogP) is 2.19. The molecule has 6 heteroatoms. The van der Waals surface area contributed by atoms with E-state index in [0.29, 0.717) is 11.0 Å². The molecule has 0 spiro atoms. The van der Waals surface area contributed by atoms with Crippen LogP contribution in [0, 0.1) is 0 Å². The van der Waals surface area contributed by atoms with Crippen LogP contribution in [-0.2, 0) is 13.6 Å². The van der Waals surface area contributed by atoms with Crippen molar-refractivity contribution in [2.24, 2.45) is 7.05 Å². The van der Waals surface area contributed by atoms with Gasteiger partial charge in [-0.05, 0) is 33.6 Å². The third-order valence-corrected chi connectivity index (χ3v) is 3.80. The van der Waals surface area contributed by atoms with Gasteiger partial charge in [0.1, 0.15) is 10.2 Å². The van der Waals surface area contributed by atoms with Gasteiger partial charge in [0.2, 0.25) is 0 Å². The number of methoxy groups -OCH3 is 1. The average Bonchev–Trinajstić information content (AvgIpc) is 2.45. The number of aryl methyl sites for hydroxylation is 1. The first kappa shape index (κ1) is 14.6. The lowest BCUT2D eigenvalue weighted by Crippen LogP contribution is -2.25. The molecule has 1 heterocycles. The van der Waals surface area contributed by atoms with E-state index in [1.807, 2.05) is 36.2 Å². The van der Waals surface area contributed by atoms with Gasteiger partial charge < -0.3 is 9.64 Å². The molecule has 0 bridgehead atoms. The number of hydrogen-bond donors (Lipinski definition) is 0. The average molecular weight is 338 g/mol. The van der Waals surface area contributed by atoms with Gasteiger partial charge in [0.05, 0.1) is 19.0 Å². The minimum atomic E-state index is -0.149. The van der Waals surface area contributed by atoms with Crippen molar-refractivity contribution in [1.82, 2.24) is 9.78 Å². The van der Waals surface area contributed by atoms with Crippen LogP contribution < -0.4 is 15.2 Å². The molecule has 0 saturated carbocycles. The molecule has 0 atom stereocenters. The Morgan fingerprint density at radius 3 is 2.60 bits per heavy atom. The highest BCUT2D eigenvalue weighted by Crippen LogP contribution is 2.22. The lowest BCUT2D eigenvalue weighted by molar-refractivity contribution is 0.414. The molecule has 0 aliphatic rings. The zero-order valence-electron chi connectivity index (χ0n) is 11.6. The Kier molecular flexibility index (Phi) is 4.44. The highest BCUT2D eigenvalue weighted by Gasteiger charge is 2.11. The second-order valence-electron chi connectivity index (χ2n) is 4.48. The first-order valence-corrected chi connectivity index (χ1v) is 6.88. The fraction of sp³-hybridized carbons (Fsp3) is 0.286. The molecule has 0 radical (unpaired) electrons. The van der Waals surface area contributed by atoms with Gasteiger partial charge in [0.15, 0.2) is 0 Å². The normalized spacial score (nSPS) is 10.4. The minimum absolute atomic E-state index is 0.149. The molecule has 0 saturated heterocycles. The smallest absolute Gasteiger partial charge is 0.282 e. The quantitative estimate of drug-likeness (QED) is 0.857. The molecule has 0 amide bonds. The molecule has 0 N–H and O–H groups in total. The van der Waals surface area contributed by atoms with Crippen LogP contribution in [0.4, 0.5) is 5.69 Å². The highest BCUT2D eigenvalue weighted by atomic mass is 79.9. The van der Waals surface area contributed by atoms with Gasteiger partial charge >= 0.3 is 0 Å². The van der Waals surface area contributed by atoms with Crippen molar-refractivity contribution < 1.29 is 4.74 Å². The summed E-state index contributed by atoms with van der Waals surface area (Å²) in [5, 5.41) is 4.04. The van der Waals surface area contributed by atoms with E-state index in [0.717, 1.165) is 17.0 Å². The van der Waals surface area contributed by atoms with Gasteiger partial charge in [-0.2, -0.15) is 5.10 Å². The Balaban J connectivity index is 2.21. The summed E-state index contributed by atoms with van der Waals surface area (Å²) in [5.74, 6) is 0.827. The van der Waals surface area contributed by atoms with Gasteiger partial charge in [-0.1, -0.05) is 12.1 Å². The monoisotopic (exact) mass is 337 g/mol. The van der Waals surface area contributed by atoms with Gasteiger partial charge in [-0.25, -0.2) is 4.68 Å². The molecular weight excluding hydrogens is 322 g/mol. The third kappa shape index (κ3) is 3.01. The maximum atomic E-state index is 11.8. The summed E-state index contributed by atoms with van der Waals surface area (Å²) < 4.78 is 6.95. The van der Waals surface area contributed by atoms with Crippen molar-refractivity contribution >= 4 is 21.6 Å². The van der Waals surface area contributed by atoms with Crippen molar-refractivity contribution in [3.63, 3.8) is 0 Å². The summed E-state index contributed by atoms with van der Waals surface area (Å²) in [5.41, 5.74) is 1.74. The van der Waals surface area contributed by atoms with Gasteiger partial charge in [-0.3, -0.25) is 4.79 Å². The predicted molar refractivity (Wildman–Crippen MR) is 82.3 cm³/mol. The van der Waals surface area contributed by atoms with Crippen molar-refractivity contribution in [3.05, 3.63) is 50.9 Å². The van der Waals surface area contributed by atoms with Crippen molar-refractivity contribution in [2.45, 2.75) is 6.54 Å². The second kappa shape index (κ2) is 6.09. The Bertz CT molecular complexity index is 652. The number of ether oxygens (including phenoxy) is 1. The van der Waals surface area contributed by atoms with Gasteiger partial charge in [-0.15, -0.1) is 0 Å². The zero-order chi connectivity index (χ0) is 14.7. The summed E-state index contributed by atoms with van der Waals surface area (Å²) in [6.07, 6.45) is 1.68. The summed E-state index contributed by atoms with van der Waals surface area (Å²) in [6, 6.07) is 7.83. The molecule has 5 nitrogen and oxygen atoms in total. The maximum absolute atomic E-state index is 11.8. The SMILES string of the molecule is COc1ccc(CN(C)c2cnn(C)c(=O)c2Br)cc1. The van der Waals surface area contributed by atoms with Crippen LogP contribution in [-0.4, -0.2) is 23.9 Å². The molecular formula is C14H16BrN3O2. The van der Waals surface area contributed by atoms with Crippen LogP contribution in [0.2, 0.25) is 0 Å². The third-order valence-electron chi connectivity index (χ3n) is 3.05. The zero-order valence-corrected chi connectivity index (χ0v) is 13.2. The molecule has 20 heavy (non-hydrogen) atoms. The van der Waals surface area contributed by atoms with E-state index in [1.165, 1.54) is 4.68 Å². The van der Waals surface area contributed by atoms with E-state index < -0.39 is 0 Å². The van der Waals surface area contributed by atoms with Crippen LogP contribution in [0.1, 0.15) is 5.56 Å². The van der Waals surface area contributed by atoms with Crippen molar-refractivity contribution in [1.29, 1.82) is 0 Å². The minimum Gasteiger partial charge on any atom is -0.497 e. The highest BCUT2D eigenvalue weighted by molar-refractivity contribution is 9.10. The first-order chi connectivity index (χ1) is 9.52. The number of rotatable bonds is 4. The van der Waals surface area contributed by atoms with Crippen LogP contribution in [0.5, 0.6) is 5.75 Å². The molecule has 0 fully saturated rings. The van der Waals surface area contributed by atoms with Crippen LogP contribution in [0.15, 0.2) is 39.7 Å². The standard InChI is InChI=1S/C14H16BrN3O2/c1-17(9-10-4-6-11(20-3)7-5-10)12-8-16-18(2)14(19)13(12)15/h4-8H,9H2,1-3H3. The summed E-state index contributed by atoms with van der Waals surface area (Å²) in [4.78, 5) is 13.8. The van der Waals surface area contributed by atoms with E-state index in [-0.39, 0.29) is 5.56 Å². The lowest BCUT2D eigenvalue weighted by Gasteiger charge is -2.20. The Hall–Kier alpha value is -1.82. The van der Waals surface area contributed by atoms with Gasteiger partial charge in [0.25, 0.3) is 5.56 Å². The van der Waals surface area contributed by atoms with Crippen molar-refractivity contribution in [2.75, 3.05) is 19.1 Å². The molecule has 2 aromatic rings. The number of hydrogen-bond acceptors (Lipinski definition) is 4. The number of benzene rings is 1. The Morgan fingerprint density at radius 2 is 2.00 bits per heavy atom. The molecule has 2 rings (SSSR count). The second-order valence-corrected chi connectivity index (χ2v) is 5.27. The largest absolute Gasteiger partial charge is 0.497 e. The van der Waals surface area contributed by atoms with Crippen LogP contribution in [0.3, 0.4) is 0 Å². The van der Waals surface area contributed by atoms with Crippen LogP contribution in [0.25, 0.3) is 0 Å². The summed E-state index contributed by atoms with van der Waals surface area (Å²) >= 11 is 3.33. The topological polar surface area (TPSA) is 47.4 Å². The van der Waals surface area contributed by atoms with Gasteiger partial charge in [0, 0.05) is 20.6 Å². The van der Waals surface area contributed by atoms with E-state index in [4.69, 9.17) is 4.74 Å². The fourth-order valence-electron chi connectivity index (χ4n) is 1.86. The molecule has 0 aliphatic heterocycles. The molecule has 106 valence electrons. The summed E-state index contributed by atoms with van der Waals surface area (Å²) in [7, 11) is 5.19. The number of nitrogens with zero attached hydrogens (tertiary/aromatic N) is 3. The van der Waals surface area contributed by atoms with E-state index in [2.05, 4.69) is 21.0 Å². The Morgan fingerprint density at radius 1 is 1.35 bits per heavy atom.